The summed E-state index contributed by atoms with van der Waals surface area (Å²) >= 11 is 1.77. The van der Waals surface area contributed by atoms with Crippen LogP contribution in [-0.4, -0.2) is 151 Å². The molecule has 2 amide bonds. The molecule has 8 heterocycles. The molecule has 17 heteroatoms. The zero-order valence-electron chi connectivity index (χ0n) is 37.4. The van der Waals surface area contributed by atoms with Gasteiger partial charge in [-0.2, -0.15) is 0 Å². The molecule has 5 aromatic rings. The number of nitrogens with zero attached hydrogens (tertiary/aromatic N) is 10. The number of carbonyl (C=O) groups excluding carboxylic acids is 2. The highest BCUT2D eigenvalue weighted by Crippen LogP contribution is 2.37. The van der Waals surface area contributed by atoms with Crippen LogP contribution in [0.25, 0.3) is 21.6 Å². The number of likely N-dealkylation sites (tertiary alicyclic amines) is 2. The lowest BCUT2D eigenvalue weighted by Crippen LogP contribution is -2.64. The first kappa shape index (κ1) is 43.4. The Bertz CT molecular complexity index is 2540. The van der Waals surface area contributed by atoms with Crippen molar-refractivity contribution in [3.05, 3.63) is 81.5 Å². The molecule has 65 heavy (non-hydrogen) atoms. The van der Waals surface area contributed by atoms with Crippen molar-refractivity contribution < 1.29 is 24.5 Å². The molecule has 0 spiro atoms. The summed E-state index contributed by atoms with van der Waals surface area (Å²) in [6, 6.07) is 12.1. The van der Waals surface area contributed by atoms with Gasteiger partial charge in [-0.25, -0.2) is 19.9 Å². The van der Waals surface area contributed by atoms with E-state index in [1.165, 1.54) is 16.5 Å². The average molecular weight is 902 g/mol. The number of thiophene rings is 1. The first-order valence-electron chi connectivity index (χ1n) is 23.1. The van der Waals surface area contributed by atoms with E-state index >= 15 is 0 Å². The Morgan fingerprint density at radius 2 is 1.55 bits per heavy atom. The van der Waals surface area contributed by atoms with E-state index in [-0.39, 0.29) is 34.8 Å². The fraction of sp³-hybridized carbons (Fsp3) is 0.500. The smallest absolute Gasteiger partial charge is 0.258 e. The number of hydrogen-bond acceptors (Lipinski definition) is 15. The molecule has 10 rings (SSSR count). The quantitative estimate of drug-likeness (QED) is 0.163. The van der Waals surface area contributed by atoms with Gasteiger partial charge in [0.15, 0.2) is 11.6 Å². The average Bonchev–Trinajstić information content (AvgIpc) is 3.91. The minimum Gasteiger partial charge on any atom is -0.508 e. The maximum Gasteiger partial charge on any atom is 0.258 e. The zero-order valence-corrected chi connectivity index (χ0v) is 38.2. The second-order valence-electron chi connectivity index (χ2n) is 18.8. The van der Waals surface area contributed by atoms with Crippen LogP contribution in [0.5, 0.6) is 11.5 Å². The maximum absolute atomic E-state index is 13.5. The molecule has 5 aliphatic rings. The van der Waals surface area contributed by atoms with Gasteiger partial charge in [0.25, 0.3) is 5.91 Å². The first-order valence-corrected chi connectivity index (χ1v) is 24.0. The van der Waals surface area contributed by atoms with Gasteiger partial charge in [0.1, 0.15) is 11.5 Å². The predicted molar refractivity (Wildman–Crippen MR) is 250 cm³/mol. The van der Waals surface area contributed by atoms with Gasteiger partial charge >= 0.3 is 0 Å². The Morgan fingerprint density at radius 3 is 2.29 bits per heavy atom. The number of hydrogen-bond donors (Lipinski definition) is 3. The highest BCUT2D eigenvalue weighted by atomic mass is 32.1. The van der Waals surface area contributed by atoms with Crippen molar-refractivity contribution in [2.45, 2.75) is 71.2 Å². The summed E-state index contributed by atoms with van der Waals surface area (Å²) in [6.45, 7) is 17.1. The van der Waals surface area contributed by atoms with E-state index in [1.54, 1.807) is 34.7 Å². The van der Waals surface area contributed by atoms with Gasteiger partial charge in [-0.3, -0.25) is 24.3 Å². The number of nitrogen functional groups attached to an aromatic ring is 1. The van der Waals surface area contributed by atoms with Gasteiger partial charge < -0.3 is 35.4 Å². The molecule has 0 atom stereocenters. The predicted octanol–water partition coefficient (Wildman–Crippen LogP) is 4.89. The lowest BCUT2D eigenvalue weighted by molar-refractivity contribution is -0.140. The van der Waals surface area contributed by atoms with Gasteiger partial charge in [-0.05, 0) is 72.2 Å². The van der Waals surface area contributed by atoms with Crippen LogP contribution in [0.2, 0.25) is 0 Å². The molecule has 0 saturated carbocycles. The van der Waals surface area contributed by atoms with Crippen molar-refractivity contribution in [1.29, 1.82) is 0 Å². The highest BCUT2D eigenvalue weighted by Gasteiger charge is 2.37. The van der Waals surface area contributed by atoms with Gasteiger partial charge in [-0.1, -0.05) is 32.0 Å². The minimum atomic E-state index is -0.228. The van der Waals surface area contributed by atoms with Crippen molar-refractivity contribution in [3.63, 3.8) is 0 Å². The molecule has 0 unspecified atom stereocenters. The third-order valence-corrected chi connectivity index (χ3v) is 15.1. The lowest BCUT2D eigenvalue weighted by Gasteiger charge is -2.48. The monoisotopic (exact) mass is 901 g/mol. The third-order valence-electron chi connectivity index (χ3n) is 14.0. The largest absolute Gasteiger partial charge is 0.508 e. The number of piperazine rings is 1. The van der Waals surface area contributed by atoms with Crippen molar-refractivity contribution in [1.82, 2.24) is 44.4 Å². The second kappa shape index (κ2) is 18.4. The van der Waals surface area contributed by atoms with Crippen LogP contribution in [0, 0.1) is 5.92 Å². The summed E-state index contributed by atoms with van der Waals surface area (Å²) in [5.41, 5.74) is 11.8. The number of nitrogens with two attached hydrogens (primary N) is 1. The first-order chi connectivity index (χ1) is 31.5. The van der Waals surface area contributed by atoms with Crippen molar-refractivity contribution in [2.75, 3.05) is 89.3 Å². The van der Waals surface area contributed by atoms with Crippen LogP contribution < -0.4 is 10.6 Å². The molecular weight excluding hydrogens is 843 g/mol. The molecule has 4 N–H and O–H groups in total. The van der Waals surface area contributed by atoms with Crippen molar-refractivity contribution in [2.24, 2.45) is 5.92 Å². The van der Waals surface area contributed by atoms with E-state index < -0.39 is 0 Å². The SMILES string of the molecule is CC(C)c1cc(C(=O)N2Cc3ccc(CN4CCN(C5CN(C(=O)CC6CCN(Cc7cc8nc(-c9cnc(N)nc9)nc(N9CCOCC9)c8s7)CC6)C5)CC4)cc3C2)c(O)cc1O. The second-order valence-corrected chi connectivity index (χ2v) is 19.9. The summed E-state index contributed by atoms with van der Waals surface area (Å²) < 4.78 is 6.73. The number of amides is 2. The Labute approximate surface area is 383 Å². The number of morpholine rings is 1. The molecule has 0 aliphatic carbocycles. The molecule has 4 fully saturated rings. The van der Waals surface area contributed by atoms with E-state index in [0.717, 1.165) is 124 Å². The van der Waals surface area contributed by atoms with E-state index in [9.17, 15) is 19.8 Å². The molecule has 16 nitrogen and oxygen atoms in total. The molecule has 342 valence electrons. The summed E-state index contributed by atoms with van der Waals surface area (Å²) in [7, 11) is 0. The number of phenols is 2. The minimum absolute atomic E-state index is 0.00672. The van der Waals surface area contributed by atoms with E-state index in [4.69, 9.17) is 20.4 Å². The van der Waals surface area contributed by atoms with Crippen LogP contribution in [0.15, 0.2) is 48.8 Å². The highest BCUT2D eigenvalue weighted by molar-refractivity contribution is 7.19. The molecule has 5 aliphatic heterocycles. The summed E-state index contributed by atoms with van der Waals surface area (Å²) in [6.07, 6.45) is 6.05. The number of phenolic OH excluding ortho intramolecular Hbond substituents is 2. The van der Waals surface area contributed by atoms with Gasteiger partial charge in [-0.15, -0.1) is 11.3 Å². The fourth-order valence-electron chi connectivity index (χ4n) is 10.1. The standard InChI is InChI=1S/C48H59N11O5S/c1-30(2)38-20-39(42(61)21-41(38)60)47(63)59-25-33-4-3-32(17-34(33)26-59)24-55-9-11-56(12-10-55)36-27-58(28-36)43(62)18-31-5-7-54(8-6-31)29-37-19-40-44(65-37)46(57-13-15-64-16-14-57)53-45(52-40)35-22-50-48(49)51-23-35/h3-4,17,19-23,30-31,36,60-61H,5-16,18,24-29H2,1-2H3,(H2,49,50,51). The Morgan fingerprint density at radius 1 is 0.831 bits per heavy atom. The number of fused-ring (bicyclic) bond motifs is 2. The number of benzene rings is 2. The number of carbonyl (C=O) groups is 2. The third kappa shape index (κ3) is 9.34. The number of aromatic nitrogens is 4. The van der Waals surface area contributed by atoms with E-state index in [0.29, 0.717) is 62.0 Å². The molecule has 2 aromatic carbocycles. The van der Waals surface area contributed by atoms with Crippen LogP contribution in [0.3, 0.4) is 0 Å². The molecule has 4 saturated heterocycles. The lowest BCUT2D eigenvalue weighted by atomic mass is 9.92. The van der Waals surface area contributed by atoms with Crippen molar-refractivity contribution in [3.8, 4) is 22.9 Å². The topological polar surface area (TPSA) is 181 Å². The van der Waals surface area contributed by atoms with Crippen LogP contribution >= 0.6 is 11.3 Å². The van der Waals surface area contributed by atoms with Gasteiger partial charge in [0.2, 0.25) is 11.9 Å². The van der Waals surface area contributed by atoms with Gasteiger partial charge in [0.05, 0.1) is 34.6 Å². The fourth-order valence-corrected chi connectivity index (χ4v) is 11.2. The molecule has 3 aromatic heterocycles. The van der Waals surface area contributed by atoms with Crippen LogP contribution in [0.1, 0.15) is 76.5 Å². The summed E-state index contributed by atoms with van der Waals surface area (Å²) in [5.74, 6) is 2.07. The number of anilines is 2. The van der Waals surface area contributed by atoms with Crippen LogP contribution in [0.4, 0.5) is 11.8 Å². The summed E-state index contributed by atoms with van der Waals surface area (Å²) in [4.78, 5) is 60.2. The van der Waals surface area contributed by atoms with Crippen LogP contribution in [-0.2, 0) is 35.7 Å². The number of piperidine rings is 1. The zero-order chi connectivity index (χ0) is 44.8. The Kier molecular flexibility index (Phi) is 12.3. The number of rotatable bonds is 11. The summed E-state index contributed by atoms with van der Waals surface area (Å²) in [5, 5.41) is 20.8. The molecule has 0 radical (unpaired) electrons. The van der Waals surface area contributed by atoms with E-state index in [1.807, 2.05) is 13.8 Å². The number of aromatic hydroxyl groups is 2. The molecule has 0 bridgehead atoms. The Hall–Kier alpha value is -5.46. The van der Waals surface area contributed by atoms with Crippen molar-refractivity contribution >= 4 is 45.1 Å². The maximum atomic E-state index is 13.5. The Balaban J connectivity index is 0.660. The van der Waals surface area contributed by atoms with E-state index in [2.05, 4.69) is 58.7 Å². The van der Waals surface area contributed by atoms with Gasteiger partial charge in [0, 0.05) is 114 Å². The normalized spacial score (nSPS) is 19.3. The number of ether oxygens (including phenoxy) is 1. The molecular formula is C48H59N11O5S.